The van der Waals surface area contributed by atoms with Gasteiger partial charge in [-0.2, -0.15) is 0 Å². The molecule has 0 radical (unpaired) electrons. The standard InChI is InChI=1S/C20H24N2O2/c23-20(18-19(16-10-11-16)24-14-21-18)22-13-5-4-8-17(22)12-9-15-6-2-1-3-7-15/h1-3,6-7,14,16-17H,4-5,8-13H2/t17-/m1/s1. The van der Waals surface area contributed by atoms with Crippen LogP contribution in [0.3, 0.4) is 0 Å². The van der Waals surface area contributed by atoms with E-state index in [0.717, 1.165) is 50.8 Å². The first kappa shape index (κ1) is 15.4. The second-order valence-electron chi connectivity index (χ2n) is 7.01. The van der Waals surface area contributed by atoms with Crippen molar-refractivity contribution in [2.45, 2.75) is 56.9 Å². The van der Waals surface area contributed by atoms with Crippen LogP contribution in [0.4, 0.5) is 0 Å². The molecule has 1 aromatic carbocycles. The summed E-state index contributed by atoms with van der Waals surface area (Å²) in [4.78, 5) is 19.3. The lowest BCUT2D eigenvalue weighted by Crippen LogP contribution is -2.44. The van der Waals surface area contributed by atoms with Crippen LogP contribution in [0.5, 0.6) is 0 Å². The number of benzene rings is 1. The van der Waals surface area contributed by atoms with Crippen molar-refractivity contribution in [3.63, 3.8) is 0 Å². The van der Waals surface area contributed by atoms with E-state index in [0.29, 0.717) is 17.7 Å². The highest BCUT2D eigenvalue weighted by Gasteiger charge is 2.36. The van der Waals surface area contributed by atoms with Gasteiger partial charge in [-0.1, -0.05) is 30.3 Å². The molecule has 1 amide bonds. The molecule has 4 heteroatoms. The first-order chi connectivity index (χ1) is 11.8. The molecule has 0 spiro atoms. The van der Waals surface area contributed by atoms with Crippen LogP contribution in [0.15, 0.2) is 41.1 Å². The third kappa shape index (κ3) is 3.23. The van der Waals surface area contributed by atoms with Gasteiger partial charge in [-0.3, -0.25) is 4.79 Å². The number of oxazole rings is 1. The maximum Gasteiger partial charge on any atom is 0.276 e. The van der Waals surface area contributed by atoms with Gasteiger partial charge in [0.05, 0.1) is 0 Å². The molecule has 2 aliphatic rings. The number of likely N-dealkylation sites (tertiary alicyclic amines) is 1. The number of hydrogen-bond acceptors (Lipinski definition) is 3. The van der Waals surface area contributed by atoms with E-state index in [-0.39, 0.29) is 5.91 Å². The van der Waals surface area contributed by atoms with Gasteiger partial charge in [0.2, 0.25) is 0 Å². The molecule has 1 atom stereocenters. The maximum atomic E-state index is 13.0. The zero-order valence-electron chi connectivity index (χ0n) is 14.0. The van der Waals surface area contributed by atoms with Crippen molar-refractivity contribution in [3.8, 4) is 0 Å². The number of hydrogen-bond donors (Lipinski definition) is 0. The van der Waals surface area contributed by atoms with Crippen molar-refractivity contribution in [2.75, 3.05) is 6.54 Å². The average Bonchev–Trinajstić information content (AvgIpc) is 3.37. The predicted octanol–water partition coefficient (Wildman–Crippen LogP) is 4.18. The number of nitrogens with zero attached hydrogens (tertiary/aromatic N) is 2. The quantitative estimate of drug-likeness (QED) is 0.829. The summed E-state index contributed by atoms with van der Waals surface area (Å²) in [6, 6.07) is 10.8. The lowest BCUT2D eigenvalue weighted by atomic mass is 9.95. The Bertz CT molecular complexity index is 691. The summed E-state index contributed by atoms with van der Waals surface area (Å²) in [6.45, 7) is 0.843. The summed E-state index contributed by atoms with van der Waals surface area (Å²) in [6.07, 6.45) is 9.09. The summed E-state index contributed by atoms with van der Waals surface area (Å²) in [5.74, 6) is 1.30. The third-order valence-electron chi connectivity index (χ3n) is 5.24. The molecular weight excluding hydrogens is 300 g/mol. The van der Waals surface area contributed by atoms with Gasteiger partial charge in [0.25, 0.3) is 5.91 Å². The van der Waals surface area contributed by atoms with Gasteiger partial charge < -0.3 is 9.32 Å². The summed E-state index contributed by atoms with van der Waals surface area (Å²) in [5, 5.41) is 0. The zero-order valence-corrected chi connectivity index (χ0v) is 14.0. The molecule has 0 bridgehead atoms. The van der Waals surface area contributed by atoms with E-state index in [1.807, 2.05) is 6.07 Å². The predicted molar refractivity (Wildman–Crippen MR) is 91.9 cm³/mol. The van der Waals surface area contributed by atoms with E-state index in [2.05, 4.69) is 34.1 Å². The van der Waals surface area contributed by atoms with Crippen molar-refractivity contribution < 1.29 is 9.21 Å². The Labute approximate surface area is 142 Å². The van der Waals surface area contributed by atoms with E-state index in [1.165, 1.54) is 18.4 Å². The normalized spacial score (nSPS) is 21.0. The van der Waals surface area contributed by atoms with Gasteiger partial charge in [0.15, 0.2) is 12.1 Å². The van der Waals surface area contributed by atoms with Gasteiger partial charge >= 0.3 is 0 Å². The van der Waals surface area contributed by atoms with Gasteiger partial charge in [-0.25, -0.2) is 4.98 Å². The molecule has 1 saturated heterocycles. The smallest absolute Gasteiger partial charge is 0.276 e. The Kier molecular flexibility index (Phi) is 4.37. The van der Waals surface area contributed by atoms with Gasteiger partial charge in [-0.05, 0) is 50.5 Å². The minimum Gasteiger partial charge on any atom is -0.447 e. The van der Waals surface area contributed by atoms with Crippen LogP contribution in [0, 0.1) is 0 Å². The van der Waals surface area contributed by atoms with E-state index < -0.39 is 0 Å². The maximum absolute atomic E-state index is 13.0. The summed E-state index contributed by atoms with van der Waals surface area (Å²) in [5.41, 5.74) is 1.90. The molecule has 0 N–H and O–H groups in total. The fraction of sp³-hybridized carbons (Fsp3) is 0.500. The number of piperidine rings is 1. The molecule has 1 aromatic heterocycles. The number of aryl methyl sites for hydroxylation is 1. The van der Waals surface area contributed by atoms with Crippen LogP contribution in [0.1, 0.15) is 66.3 Å². The molecular formula is C20H24N2O2. The molecule has 1 saturated carbocycles. The lowest BCUT2D eigenvalue weighted by Gasteiger charge is -2.35. The number of carbonyl (C=O) groups is 1. The van der Waals surface area contributed by atoms with Crippen LogP contribution in [0.2, 0.25) is 0 Å². The van der Waals surface area contributed by atoms with Crippen molar-refractivity contribution in [3.05, 3.63) is 53.7 Å². The zero-order chi connectivity index (χ0) is 16.4. The highest BCUT2D eigenvalue weighted by Crippen LogP contribution is 2.42. The number of carbonyl (C=O) groups excluding carboxylic acids is 1. The fourth-order valence-electron chi connectivity index (χ4n) is 3.73. The summed E-state index contributed by atoms with van der Waals surface area (Å²) in [7, 11) is 0. The number of aromatic nitrogens is 1. The summed E-state index contributed by atoms with van der Waals surface area (Å²) >= 11 is 0. The first-order valence-electron chi connectivity index (χ1n) is 9.11. The highest BCUT2D eigenvalue weighted by atomic mass is 16.3. The topological polar surface area (TPSA) is 46.3 Å². The Morgan fingerprint density at radius 1 is 1.17 bits per heavy atom. The largest absolute Gasteiger partial charge is 0.447 e. The van der Waals surface area contributed by atoms with Crippen LogP contribution in [0.25, 0.3) is 0 Å². The van der Waals surface area contributed by atoms with Gasteiger partial charge in [0, 0.05) is 18.5 Å². The Hall–Kier alpha value is -2.10. The molecule has 2 fully saturated rings. The average molecular weight is 324 g/mol. The SMILES string of the molecule is O=C(c1ncoc1C1CC1)N1CCCC[C@@H]1CCc1ccccc1. The fourth-order valence-corrected chi connectivity index (χ4v) is 3.73. The van der Waals surface area contributed by atoms with Crippen molar-refractivity contribution in [2.24, 2.45) is 0 Å². The molecule has 24 heavy (non-hydrogen) atoms. The van der Waals surface area contributed by atoms with Crippen LogP contribution >= 0.6 is 0 Å². The Balaban J connectivity index is 1.47. The third-order valence-corrected chi connectivity index (χ3v) is 5.24. The Morgan fingerprint density at radius 2 is 2.00 bits per heavy atom. The molecule has 4 nitrogen and oxygen atoms in total. The molecule has 4 rings (SSSR count). The van der Waals surface area contributed by atoms with Crippen LogP contribution in [-0.2, 0) is 6.42 Å². The highest BCUT2D eigenvalue weighted by molar-refractivity contribution is 5.93. The van der Waals surface area contributed by atoms with Crippen molar-refractivity contribution in [1.82, 2.24) is 9.88 Å². The van der Waals surface area contributed by atoms with E-state index >= 15 is 0 Å². The van der Waals surface area contributed by atoms with Gasteiger partial charge in [0.1, 0.15) is 5.76 Å². The number of amides is 1. The number of rotatable bonds is 5. The lowest BCUT2D eigenvalue weighted by molar-refractivity contribution is 0.0594. The molecule has 2 heterocycles. The molecule has 1 aliphatic carbocycles. The second kappa shape index (κ2) is 6.80. The minimum atomic E-state index is 0.0726. The van der Waals surface area contributed by atoms with Crippen LogP contribution in [-0.4, -0.2) is 28.4 Å². The van der Waals surface area contributed by atoms with E-state index in [4.69, 9.17) is 4.42 Å². The Morgan fingerprint density at radius 3 is 2.79 bits per heavy atom. The van der Waals surface area contributed by atoms with E-state index in [1.54, 1.807) is 0 Å². The van der Waals surface area contributed by atoms with Gasteiger partial charge in [-0.15, -0.1) is 0 Å². The second-order valence-corrected chi connectivity index (χ2v) is 7.01. The molecule has 126 valence electrons. The molecule has 0 unspecified atom stereocenters. The van der Waals surface area contributed by atoms with Crippen molar-refractivity contribution in [1.29, 1.82) is 0 Å². The van der Waals surface area contributed by atoms with Crippen molar-refractivity contribution >= 4 is 5.91 Å². The molecule has 1 aliphatic heterocycles. The van der Waals surface area contributed by atoms with Crippen LogP contribution < -0.4 is 0 Å². The monoisotopic (exact) mass is 324 g/mol. The first-order valence-corrected chi connectivity index (χ1v) is 9.11. The summed E-state index contributed by atoms with van der Waals surface area (Å²) < 4.78 is 5.51. The molecule has 2 aromatic rings. The van der Waals surface area contributed by atoms with E-state index in [9.17, 15) is 4.79 Å². The minimum absolute atomic E-state index is 0.0726.